The zero-order chi connectivity index (χ0) is 35.5. The molecule has 0 radical (unpaired) electrons. The van der Waals surface area contributed by atoms with Gasteiger partial charge in [-0.15, -0.1) is 34.3 Å². The molecule has 6 rings (SSSR count). The molecule has 49 heavy (non-hydrogen) atoms. The molecular formula is C32H31ClN6O6S4. The van der Waals surface area contributed by atoms with E-state index < -0.39 is 0 Å². The number of phenolic OH excluding ortho intramolecular Hbond substituents is 2. The first-order valence-corrected chi connectivity index (χ1v) is 17.8. The molecule has 6 aromatic rings. The largest absolute Gasteiger partial charge is 0.504 e. The number of nitrogens with one attached hydrogen (secondary N) is 3. The van der Waals surface area contributed by atoms with Crippen LogP contribution in [0.5, 0.6) is 23.0 Å². The lowest BCUT2D eigenvalue weighted by Gasteiger charge is -2.07. The first-order valence-electron chi connectivity index (χ1n) is 14.2. The Kier molecular flexibility index (Phi) is 13.6. The van der Waals surface area contributed by atoms with Crippen LogP contribution in [-0.2, 0) is 9.59 Å². The molecule has 17 heteroatoms. The minimum atomic E-state index is -0.306. The van der Waals surface area contributed by atoms with E-state index in [0.29, 0.717) is 28.5 Å². The van der Waals surface area contributed by atoms with Gasteiger partial charge in [0.25, 0.3) is 0 Å². The molecule has 4 heterocycles. The van der Waals surface area contributed by atoms with Crippen molar-refractivity contribution >= 4 is 102 Å². The molecule has 256 valence electrons. The number of aromatic hydroxyl groups is 2. The number of nitrogens with zero attached hydrogens (tertiary/aromatic N) is 3. The van der Waals surface area contributed by atoms with Crippen molar-refractivity contribution in [3.05, 3.63) is 76.0 Å². The Hall–Kier alpha value is -4.48. The van der Waals surface area contributed by atoms with Crippen LogP contribution in [0.2, 0.25) is 0 Å². The lowest BCUT2D eigenvalue weighted by molar-refractivity contribution is -0.114. The normalized spacial score (nSPS) is 10.4. The first kappa shape index (κ1) is 37.3. The van der Waals surface area contributed by atoms with Gasteiger partial charge >= 0.3 is 0 Å². The molecule has 0 spiro atoms. The van der Waals surface area contributed by atoms with Crippen LogP contribution in [0, 0.1) is 17.8 Å². The second kappa shape index (κ2) is 17.8. The quantitative estimate of drug-likeness (QED) is 0.0446. The number of rotatable bonds is 8. The van der Waals surface area contributed by atoms with Crippen LogP contribution in [0.15, 0.2) is 65.0 Å². The fraction of sp³-hybridized carbons (Fsp3) is 0.188. The maximum absolute atomic E-state index is 12.1. The zero-order valence-electron chi connectivity index (χ0n) is 26.6. The van der Waals surface area contributed by atoms with E-state index in [1.165, 1.54) is 55.5 Å². The van der Waals surface area contributed by atoms with Crippen LogP contribution in [0.3, 0.4) is 0 Å². The summed E-state index contributed by atoms with van der Waals surface area (Å²) in [5, 5.41) is 24.1. The van der Waals surface area contributed by atoms with E-state index in [-0.39, 0.29) is 34.9 Å². The number of carbonyl (C=O) groups excluding carboxylic acids is 2. The highest BCUT2D eigenvalue weighted by Gasteiger charge is 2.11. The highest BCUT2D eigenvalue weighted by Crippen LogP contribution is 2.31. The van der Waals surface area contributed by atoms with Crippen LogP contribution in [0.25, 0.3) is 20.7 Å². The van der Waals surface area contributed by atoms with E-state index in [0.717, 1.165) is 34.7 Å². The summed E-state index contributed by atoms with van der Waals surface area (Å²) in [4.78, 5) is 39.1. The number of thiazole rings is 2. The Morgan fingerprint density at radius 1 is 0.837 bits per heavy atom. The van der Waals surface area contributed by atoms with Gasteiger partial charge in [0.1, 0.15) is 11.5 Å². The summed E-state index contributed by atoms with van der Waals surface area (Å²) in [6.45, 7) is 3.89. The molecule has 0 aliphatic rings. The van der Waals surface area contributed by atoms with Crippen molar-refractivity contribution in [2.75, 3.05) is 36.5 Å². The number of H-pyrrole nitrogens is 1. The molecule has 12 nitrogen and oxygen atoms in total. The molecule has 4 aromatic heterocycles. The molecule has 0 aliphatic heterocycles. The molecular weight excluding hydrogens is 728 g/mol. The third-order valence-corrected chi connectivity index (χ3v) is 9.75. The van der Waals surface area contributed by atoms with Gasteiger partial charge in [0.05, 0.1) is 29.4 Å². The number of aromatic amines is 1. The molecule has 0 atom stereocenters. The summed E-state index contributed by atoms with van der Waals surface area (Å²) in [6.07, 6.45) is 0. The number of alkyl halides is 1. The van der Waals surface area contributed by atoms with Crippen LogP contribution in [-0.4, -0.2) is 67.8 Å². The van der Waals surface area contributed by atoms with Crippen molar-refractivity contribution in [3.8, 4) is 23.0 Å². The Morgan fingerprint density at radius 2 is 1.41 bits per heavy atom. The summed E-state index contributed by atoms with van der Waals surface area (Å²) in [6, 6.07) is 17.1. The van der Waals surface area contributed by atoms with E-state index in [1.807, 2.05) is 38.1 Å². The SMILES string of the molecule is COc1cc(NC(=O)CCl)ccc1O.COc1cc(NC(=O)CSc2nc3nc(C)ccc3s2)ccc1O.Cc1ccc2sc(=S)[nH]c2n1. The van der Waals surface area contributed by atoms with Crippen molar-refractivity contribution in [1.29, 1.82) is 0 Å². The van der Waals surface area contributed by atoms with Gasteiger partial charge in [0.2, 0.25) is 11.8 Å². The number of aryl methyl sites for hydroxylation is 2. The summed E-state index contributed by atoms with van der Waals surface area (Å²) in [5.74, 6) is 0.338. The number of hydrogen-bond donors (Lipinski definition) is 5. The maximum atomic E-state index is 12.1. The number of fused-ring (bicyclic) bond motifs is 2. The third-order valence-electron chi connectivity index (χ3n) is 6.17. The molecule has 2 aromatic carbocycles. The lowest BCUT2D eigenvalue weighted by atomic mass is 10.3. The van der Waals surface area contributed by atoms with Crippen LogP contribution in [0.1, 0.15) is 11.4 Å². The standard InChI is InChI=1S/C16H15N3O3S2.C9H10ClNO3.C7H6N2S2/c1-9-3-6-13-15(17-9)19-16(24-13)23-8-14(21)18-10-4-5-11(20)12(7-10)22-2;1-14-8-4-6(2-3-7(8)12)11-9(13)5-10;1-4-2-3-5-6(8-4)9-7(10)11-5/h3-7,20H,8H2,1-2H3,(H,18,21);2-4,12H,5H2,1H3,(H,11,13);2-3H,1H3,(H,8,9,10). The smallest absolute Gasteiger partial charge is 0.239 e. The Bertz CT molecular complexity index is 2140. The van der Waals surface area contributed by atoms with Crippen molar-refractivity contribution in [2.45, 2.75) is 18.2 Å². The van der Waals surface area contributed by atoms with E-state index in [4.69, 9.17) is 33.3 Å². The number of phenols is 2. The van der Waals surface area contributed by atoms with E-state index >= 15 is 0 Å². The van der Waals surface area contributed by atoms with Crippen molar-refractivity contribution in [3.63, 3.8) is 0 Å². The monoisotopic (exact) mass is 758 g/mol. The zero-order valence-corrected chi connectivity index (χ0v) is 30.6. The molecule has 0 bridgehead atoms. The predicted octanol–water partition coefficient (Wildman–Crippen LogP) is 7.69. The summed E-state index contributed by atoms with van der Waals surface area (Å²) in [7, 11) is 2.89. The van der Waals surface area contributed by atoms with E-state index in [2.05, 4.69) is 30.6 Å². The van der Waals surface area contributed by atoms with Crippen molar-refractivity contribution in [2.24, 2.45) is 0 Å². The van der Waals surface area contributed by atoms with Crippen molar-refractivity contribution < 1.29 is 29.3 Å². The average Bonchev–Trinajstić information content (AvgIpc) is 3.67. The molecule has 0 saturated heterocycles. The fourth-order valence-electron chi connectivity index (χ4n) is 3.92. The summed E-state index contributed by atoms with van der Waals surface area (Å²) >= 11 is 14.7. The number of amides is 2. The van der Waals surface area contributed by atoms with Gasteiger partial charge in [0, 0.05) is 34.9 Å². The van der Waals surface area contributed by atoms with E-state index in [9.17, 15) is 19.8 Å². The van der Waals surface area contributed by atoms with Gasteiger partial charge in [-0.05, 0) is 74.6 Å². The van der Waals surface area contributed by atoms with Crippen molar-refractivity contribution in [1.82, 2.24) is 19.9 Å². The van der Waals surface area contributed by atoms with Gasteiger partial charge in [-0.25, -0.2) is 15.0 Å². The summed E-state index contributed by atoms with van der Waals surface area (Å²) < 4.78 is 13.6. The number of thioether (sulfide) groups is 1. The number of carbonyl (C=O) groups is 2. The fourth-order valence-corrected chi connectivity index (χ4v) is 6.83. The molecule has 0 saturated carbocycles. The van der Waals surface area contributed by atoms with Crippen LogP contribution >= 0.6 is 58.3 Å². The Labute approximate surface area is 303 Å². The number of aromatic nitrogens is 4. The minimum absolute atomic E-state index is 0.0244. The van der Waals surface area contributed by atoms with Gasteiger partial charge < -0.3 is 35.3 Å². The molecule has 0 aliphatic carbocycles. The molecule has 0 unspecified atom stereocenters. The number of hydrogen-bond acceptors (Lipinski definition) is 13. The highest BCUT2D eigenvalue weighted by molar-refractivity contribution is 8.01. The van der Waals surface area contributed by atoms with Gasteiger partial charge in [-0.3, -0.25) is 9.59 Å². The minimum Gasteiger partial charge on any atom is -0.504 e. The highest BCUT2D eigenvalue weighted by atomic mass is 35.5. The molecule has 0 fully saturated rings. The second-order valence-electron chi connectivity index (χ2n) is 9.86. The average molecular weight is 759 g/mol. The van der Waals surface area contributed by atoms with Crippen LogP contribution in [0.4, 0.5) is 11.4 Å². The lowest BCUT2D eigenvalue weighted by Crippen LogP contribution is -2.13. The van der Waals surface area contributed by atoms with E-state index in [1.54, 1.807) is 29.5 Å². The number of halogens is 1. The Morgan fingerprint density at radius 3 is 2.00 bits per heavy atom. The number of anilines is 2. The number of methoxy groups -OCH3 is 2. The third kappa shape index (κ3) is 11.0. The molecule has 2 amide bonds. The maximum Gasteiger partial charge on any atom is 0.239 e. The number of benzene rings is 2. The van der Waals surface area contributed by atoms with Crippen LogP contribution < -0.4 is 20.1 Å². The Balaban J connectivity index is 0.000000183. The van der Waals surface area contributed by atoms with Gasteiger partial charge in [-0.1, -0.05) is 11.8 Å². The summed E-state index contributed by atoms with van der Waals surface area (Å²) in [5.41, 5.74) is 4.65. The number of ether oxygens (including phenoxy) is 2. The number of pyridine rings is 2. The molecule has 5 N–H and O–H groups in total. The second-order valence-corrected chi connectivity index (χ2v) is 14.1. The first-order chi connectivity index (χ1) is 23.5. The van der Waals surface area contributed by atoms with Gasteiger partial charge in [0.15, 0.2) is 36.9 Å². The predicted molar refractivity (Wildman–Crippen MR) is 200 cm³/mol. The topological polar surface area (TPSA) is 172 Å². The van der Waals surface area contributed by atoms with Gasteiger partial charge in [-0.2, -0.15) is 0 Å².